The van der Waals surface area contributed by atoms with E-state index in [-0.39, 0.29) is 5.56 Å². The standard InChI is InChI=1S/C20H21BrN6O2/c1-25-7-14(16-4-15(21)2-3-17(16)25)8-26-9-20(10-26)11-27(12-20)19-22-5-13(6-23-19)18(28)24-29/h2-7,29H,8-12H2,1H3,(H,24,28). The smallest absolute Gasteiger partial charge is 0.277 e. The van der Waals surface area contributed by atoms with Crippen LogP contribution in [0.25, 0.3) is 10.9 Å². The third-order valence-electron chi connectivity index (χ3n) is 5.88. The number of aryl methyl sites for hydroxylation is 1. The van der Waals surface area contributed by atoms with E-state index in [0.29, 0.717) is 11.4 Å². The molecule has 0 unspecified atom stereocenters. The molecule has 1 spiro atoms. The maximum Gasteiger partial charge on any atom is 0.277 e. The molecule has 2 aromatic heterocycles. The summed E-state index contributed by atoms with van der Waals surface area (Å²) in [7, 11) is 2.09. The van der Waals surface area contributed by atoms with E-state index in [9.17, 15) is 4.79 Å². The molecule has 4 heterocycles. The quantitative estimate of drug-likeness (QED) is 0.462. The Balaban J connectivity index is 1.19. The molecule has 0 bridgehead atoms. The summed E-state index contributed by atoms with van der Waals surface area (Å²) in [5.41, 5.74) is 4.75. The number of hydrogen-bond donors (Lipinski definition) is 2. The highest BCUT2D eigenvalue weighted by Gasteiger charge is 2.52. The van der Waals surface area contributed by atoms with Crippen molar-refractivity contribution in [3.63, 3.8) is 0 Å². The van der Waals surface area contributed by atoms with Crippen LogP contribution in [0.15, 0.2) is 41.3 Å². The van der Waals surface area contributed by atoms with Gasteiger partial charge in [0.25, 0.3) is 5.91 Å². The molecule has 2 fully saturated rings. The van der Waals surface area contributed by atoms with Crippen LogP contribution in [0.3, 0.4) is 0 Å². The van der Waals surface area contributed by atoms with E-state index in [1.165, 1.54) is 28.9 Å². The van der Waals surface area contributed by atoms with Gasteiger partial charge in [0.1, 0.15) is 0 Å². The van der Waals surface area contributed by atoms with Crippen LogP contribution in [0, 0.1) is 5.41 Å². The molecule has 0 aliphatic carbocycles. The van der Waals surface area contributed by atoms with E-state index >= 15 is 0 Å². The first kappa shape index (κ1) is 18.5. The Kier molecular flexibility index (Phi) is 4.34. The van der Waals surface area contributed by atoms with Gasteiger partial charge in [0.05, 0.1) is 5.56 Å². The van der Waals surface area contributed by atoms with E-state index in [0.717, 1.165) is 37.2 Å². The SMILES string of the molecule is Cn1cc(CN2CC3(C2)CN(c2ncc(C(=O)NO)cn2)C3)c2cc(Br)ccc21. The normalized spacial score (nSPS) is 18.0. The maximum atomic E-state index is 11.4. The fourth-order valence-electron chi connectivity index (χ4n) is 4.60. The van der Waals surface area contributed by atoms with Crippen LogP contribution in [0.5, 0.6) is 0 Å². The maximum absolute atomic E-state index is 11.4. The van der Waals surface area contributed by atoms with Crippen LogP contribution in [-0.4, -0.2) is 56.7 Å². The summed E-state index contributed by atoms with van der Waals surface area (Å²) in [5, 5.41) is 9.97. The molecular formula is C20H21BrN6O2. The number of carbonyl (C=O) groups is 1. The van der Waals surface area contributed by atoms with E-state index < -0.39 is 5.91 Å². The zero-order valence-electron chi connectivity index (χ0n) is 16.0. The average molecular weight is 457 g/mol. The molecule has 2 aliphatic heterocycles. The van der Waals surface area contributed by atoms with Crippen molar-refractivity contribution in [3.8, 4) is 0 Å². The van der Waals surface area contributed by atoms with Gasteiger partial charge < -0.3 is 9.47 Å². The van der Waals surface area contributed by atoms with Crippen molar-refractivity contribution in [3.05, 3.63) is 52.4 Å². The molecule has 5 rings (SSSR count). The Hall–Kier alpha value is -2.49. The molecule has 2 saturated heterocycles. The minimum atomic E-state index is -0.605. The molecule has 0 atom stereocenters. The Morgan fingerprint density at radius 3 is 2.66 bits per heavy atom. The number of nitrogens with one attached hydrogen (secondary N) is 1. The second kappa shape index (κ2) is 6.79. The van der Waals surface area contributed by atoms with Gasteiger partial charge in [-0.15, -0.1) is 0 Å². The predicted molar refractivity (Wildman–Crippen MR) is 112 cm³/mol. The summed E-state index contributed by atoms with van der Waals surface area (Å²) in [6, 6.07) is 6.43. The van der Waals surface area contributed by atoms with Crippen LogP contribution in [0.2, 0.25) is 0 Å². The Morgan fingerprint density at radius 2 is 1.97 bits per heavy atom. The molecule has 2 aliphatic rings. The number of halogens is 1. The minimum absolute atomic E-state index is 0.239. The average Bonchev–Trinajstić information content (AvgIpc) is 2.97. The molecule has 9 heteroatoms. The Bertz CT molecular complexity index is 1080. The number of hydrogen-bond acceptors (Lipinski definition) is 6. The number of carbonyl (C=O) groups excluding carboxylic acids is 1. The van der Waals surface area contributed by atoms with E-state index in [4.69, 9.17) is 5.21 Å². The topological polar surface area (TPSA) is 86.5 Å². The number of anilines is 1. The van der Waals surface area contributed by atoms with Gasteiger partial charge in [-0.1, -0.05) is 15.9 Å². The zero-order chi connectivity index (χ0) is 20.2. The van der Waals surface area contributed by atoms with Gasteiger partial charge in [-0.2, -0.15) is 0 Å². The monoisotopic (exact) mass is 456 g/mol. The van der Waals surface area contributed by atoms with Crippen LogP contribution >= 0.6 is 15.9 Å². The van der Waals surface area contributed by atoms with Crippen LogP contribution in [0.4, 0.5) is 5.95 Å². The number of aromatic nitrogens is 3. The third-order valence-corrected chi connectivity index (χ3v) is 6.38. The van der Waals surface area contributed by atoms with Crippen LogP contribution in [-0.2, 0) is 13.6 Å². The highest BCUT2D eigenvalue weighted by molar-refractivity contribution is 9.10. The number of amides is 1. The second-order valence-electron chi connectivity index (χ2n) is 8.14. The highest BCUT2D eigenvalue weighted by Crippen LogP contribution is 2.42. The molecule has 0 radical (unpaired) electrons. The largest absolute Gasteiger partial charge is 0.350 e. The molecule has 29 heavy (non-hydrogen) atoms. The molecule has 0 saturated carbocycles. The van der Waals surface area contributed by atoms with Gasteiger partial charge in [-0.05, 0) is 23.8 Å². The number of benzene rings is 1. The number of nitrogens with zero attached hydrogens (tertiary/aromatic N) is 5. The molecule has 1 aromatic carbocycles. The van der Waals surface area contributed by atoms with Gasteiger partial charge in [0.15, 0.2) is 0 Å². The van der Waals surface area contributed by atoms with Crippen molar-refractivity contribution in [2.75, 3.05) is 31.1 Å². The number of likely N-dealkylation sites (tertiary alicyclic amines) is 1. The van der Waals surface area contributed by atoms with Gasteiger partial charge >= 0.3 is 0 Å². The Morgan fingerprint density at radius 1 is 1.24 bits per heavy atom. The predicted octanol–water partition coefficient (Wildman–Crippen LogP) is 2.17. The summed E-state index contributed by atoms with van der Waals surface area (Å²) in [5.74, 6) is 0.0224. The minimum Gasteiger partial charge on any atom is -0.350 e. The highest BCUT2D eigenvalue weighted by atomic mass is 79.9. The molecule has 1 amide bonds. The van der Waals surface area contributed by atoms with Gasteiger partial charge in [-0.25, -0.2) is 15.4 Å². The first-order chi connectivity index (χ1) is 14.0. The lowest BCUT2D eigenvalue weighted by molar-refractivity contribution is -0.0278. The summed E-state index contributed by atoms with van der Waals surface area (Å²) in [6.07, 6.45) is 5.10. The second-order valence-corrected chi connectivity index (χ2v) is 9.06. The fourth-order valence-corrected chi connectivity index (χ4v) is 4.96. The first-order valence-corrected chi connectivity index (χ1v) is 10.2. The van der Waals surface area contributed by atoms with Gasteiger partial charge in [-0.3, -0.25) is 14.9 Å². The van der Waals surface area contributed by atoms with Gasteiger partial charge in [0, 0.05) is 79.2 Å². The summed E-state index contributed by atoms with van der Waals surface area (Å²) >= 11 is 3.58. The Labute approximate surface area is 176 Å². The van der Waals surface area contributed by atoms with E-state index in [2.05, 4.69) is 71.7 Å². The molecular weight excluding hydrogens is 436 g/mol. The van der Waals surface area contributed by atoms with Crippen LogP contribution < -0.4 is 10.4 Å². The molecule has 2 N–H and O–H groups in total. The van der Waals surface area contributed by atoms with E-state index in [1.54, 1.807) is 5.48 Å². The molecule has 8 nitrogen and oxygen atoms in total. The van der Waals surface area contributed by atoms with Crippen molar-refractivity contribution in [2.24, 2.45) is 12.5 Å². The lowest BCUT2D eigenvalue weighted by atomic mass is 9.73. The zero-order valence-corrected chi connectivity index (χ0v) is 17.6. The summed E-state index contributed by atoms with van der Waals surface area (Å²) in [6.45, 7) is 4.95. The third kappa shape index (κ3) is 3.19. The van der Waals surface area contributed by atoms with Crippen LogP contribution in [0.1, 0.15) is 15.9 Å². The van der Waals surface area contributed by atoms with Crippen molar-refractivity contribution >= 4 is 38.7 Å². The van der Waals surface area contributed by atoms with Crippen molar-refractivity contribution in [2.45, 2.75) is 6.54 Å². The van der Waals surface area contributed by atoms with Crippen molar-refractivity contribution < 1.29 is 10.0 Å². The first-order valence-electron chi connectivity index (χ1n) is 9.44. The number of hydroxylamine groups is 1. The molecule has 150 valence electrons. The fraction of sp³-hybridized carbons (Fsp3) is 0.350. The molecule has 3 aromatic rings. The lowest BCUT2D eigenvalue weighted by Crippen LogP contribution is -2.72. The lowest BCUT2D eigenvalue weighted by Gasteiger charge is -2.60. The van der Waals surface area contributed by atoms with Crippen molar-refractivity contribution in [1.29, 1.82) is 0 Å². The summed E-state index contributed by atoms with van der Waals surface area (Å²) < 4.78 is 3.30. The summed E-state index contributed by atoms with van der Waals surface area (Å²) in [4.78, 5) is 24.5. The number of fused-ring (bicyclic) bond motifs is 1. The van der Waals surface area contributed by atoms with Crippen molar-refractivity contribution in [1.82, 2.24) is 24.9 Å². The van der Waals surface area contributed by atoms with E-state index in [1.807, 2.05) is 0 Å². The number of rotatable bonds is 4. The van der Waals surface area contributed by atoms with Gasteiger partial charge in [0.2, 0.25) is 5.95 Å².